The molecule has 1 aliphatic rings. The zero-order valence-electron chi connectivity index (χ0n) is 8.90. The summed E-state index contributed by atoms with van der Waals surface area (Å²) in [6, 6.07) is 7.96. The molecule has 0 bridgehead atoms. The summed E-state index contributed by atoms with van der Waals surface area (Å²) in [5.74, 6) is 0. The molecule has 1 saturated heterocycles. The van der Waals surface area contributed by atoms with Gasteiger partial charge in [-0.2, -0.15) is 0 Å². The molecule has 0 amide bonds. The molecule has 2 N–H and O–H groups in total. The molecule has 0 aromatic heterocycles. The Hall–Kier alpha value is -0.710. The van der Waals surface area contributed by atoms with Gasteiger partial charge in [0.05, 0.1) is 4.90 Å². The molecule has 1 aromatic rings. The molecule has 15 heavy (non-hydrogen) atoms. The van der Waals surface area contributed by atoms with Gasteiger partial charge in [0.15, 0.2) is 0 Å². The fraction of sp³-hybridized carbons (Fsp3) is 0.455. The lowest BCUT2D eigenvalue weighted by Gasteiger charge is -2.13. The molecule has 1 heterocycles. The van der Waals surface area contributed by atoms with E-state index in [1.165, 1.54) is 18.4 Å². The minimum atomic E-state index is -0.934. The van der Waals surface area contributed by atoms with Gasteiger partial charge >= 0.3 is 0 Å². The van der Waals surface area contributed by atoms with Crippen molar-refractivity contribution in [2.75, 3.05) is 13.1 Å². The number of aryl methyl sites for hydroxylation is 1. The number of nitrogens with zero attached hydrogens (tertiary/aromatic N) is 1. The molecule has 1 atom stereocenters. The largest absolute Gasteiger partial charge is 0.412 e. The van der Waals surface area contributed by atoms with Crippen LogP contribution in [0.15, 0.2) is 29.2 Å². The second-order valence-electron chi connectivity index (χ2n) is 3.70. The van der Waals surface area contributed by atoms with Crippen LogP contribution in [0.5, 0.6) is 0 Å². The fourth-order valence-electron chi connectivity index (χ4n) is 1.66. The monoisotopic (exact) mass is 227 g/mol. The van der Waals surface area contributed by atoms with Crippen molar-refractivity contribution < 1.29 is 9.69 Å². The maximum Gasteiger partial charge on any atom is 0.127 e. The Morgan fingerprint density at radius 1 is 1.13 bits per heavy atom. The fourth-order valence-corrected chi connectivity index (χ4v) is 2.91. The van der Waals surface area contributed by atoms with E-state index in [1.807, 2.05) is 35.5 Å². The first-order chi connectivity index (χ1) is 6.77. The van der Waals surface area contributed by atoms with Crippen LogP contribution in [0.3, 0.4) is 0 Å². The molecule has 0 saturated carbocycles. The Bertz CT molecular complexity index is 331. The van der Waals surface area contributed by atoms with Gasteiger partial charge in [0.1, 0.15) is 11.0 Å². The summed E-state index contributed by atoms with van der Waals surface area (Å²) in [7, 11) is -0.934. The van der Waals surface area contributed by atoms with Crippen LogP contribution >= 0.6 is 0 Å². The van der Waals surface area contributed by atoms with Gasteiger partial charge in [-0.1, -0.05) is 17.7 Å². The number of rotatable bonds is 2. The van der Waals surface area contributed by atoms with E-state index in [2.05, 4.69) is 0 Å². The summed E-state index contributed by atoms with van der Waals surface area (Å²) in [4.78, 5) is 0.928. The molecule has 4 heteroatoms. The first-order valence-corrected chi connectivity index (χ1v) is 6.11. The molecule has 1 aliphatic heterocycles. The minimum Gasteiger partial charge on any atom is -0.412 e. The summed E-state index contributed by atoms with van der Waals surface area (Å²) in [5, 5.41) is 0. The first kappa shape index (κ1) is 12.4. The Morgan fingerprint density at radius 2 is 1.67 bits per heavy atom. The normalized spacial score (nSPS) is 18.5. The summed E-state index contributed by atoms with van der Waals surface area (Å²) in [6.07, 6.45) is 2.36. The number of hydrogen-bond acceptors (Lipinski definition) is 1. The third kappa shape index (κ3) is 2.87. The second-order valence-corrected chi connectivity index (χ2v) is 5.18. The summed E-state index contributed by atoms with van der Waals surface area (Å²) in [6.45, 7) is 3.99. The summed E-state index contributed by atoms with van der Waals surface area (Å²) >= 11 is 0. The van der Waals surface area contributed by atoms with E-state index in [9.17, 15) is 4.21 Å². The maximum atomic E-state index is 12.0. The van der Waals surface area contributed by atoms with E-state index >= 15 is 0 Å². The maximum absolute atomic E-state index is 12.0. The smallest absolute Gasteiger partial charge is 0.127 e. The molecule has 2 rings (SSSR count). The number of benzene rings is 1. The highest BCUT2D eigenvalue weighted by Crippen LogP contribution is 2.17. The zero-order valence-corrected chi connectivity index (χ0v) is 9.72. The van der Waals surface area contributed by atoms with E-state index in [0.717, 1.165) is 18.0 Å². The van der Waals surface area contributed by atoms with Gasteiger partial charge in [0.2, 0.25) is 0 Å². The molecule has 0 aliphatic carbocycles. The molecule has 1 aromatic carbocycles. The third-order valence-electron chi connectivity index (χ3n) is 2.52. The van der Waals surface area contributed by atoms with Crippen molar-refractivity contribution in [1.82, 2.24) is 4.31 Å². The average molecular weight is 227 g/mol. The minimum absolute atomic E-state index is 0. The zero-order chi connectivity index (χ0) is 9.97. The van der Waals surface area contributed by atoms with Gasteiger partial charge in [-0.3, -0.25) is 0 Å². The van der Waals surface area contributed by atoms with Crippen LogP contribution in [0.1, 0.15) is 18.4 Å². The summed E-state index contributed by atoms with van der Waals surface area (Å²) in [5.41, 5.74) is 1.21. The first-order valence-electron chi connectivity index (χ1n) is 5.01. The van der Waals surface area contributed by atoms with E-state index in [-0.39, 0.29) is 5.48 Å². The molecule has 0 spiro atoms. The van der Waals surface area contributed by atoms with Crippen LogP contribution < -0.4 is 0 Å². The van der Waals surface area contributed by atoms with Gasteiger partial charge in [-0.25, -0.2) is 8.51 Å². The predicted octanol–water partition coefficient (Wildman–Crippen LogP) is 1.29. The Morgan fingerprint density at radius 3 is 2.20 bits per heavy atom. The molecule has 0 radical (unpaired) electrons. The Balaban J connectivity index is 0.00000112. The topological polar surface area (TPSA) is 51.8 Å². The molecule has 1 fully saturated rings. The molecule has 3 nitrogen and oxygen atoms in total. The van der Waals surface area contributed by atoms with Gasteiger partial charge in [-0.15, -0.1) is 0 Å². The van der Waals surface area contributed by atoms with Gasteiger partial charge in [-0.05, 0) is 31.9 Å². The van der Waals surface area contributed by atoms with Gasteiger partial charge in [0.25, 0.3) is 0 Å². The molecule has 1 unspecified atom stereocenters. The van der Waals surface area contributed by atoms with Crippen molar-refractivity contribution in [2.45, 2.75) is 24.7 Å². The standard InChI is InChI=1S/C11H15NOS.H2O/c1-10-4-6-11(7-5-10)14(13)12-8-2-3-9-12;/h4-7H,2-3,8-9H2,1H3;1H2. The van der Waals surface area contributed by atoms with Crippen molar-refractivity contribution in [1.29, 1.82) is 0 Å². The Labute approximate surface area is 93.0 Å². The van der Waals surface area contributed by atoms with E-state index in [1.54, 1.807) is 0 Å². The van der Waals surface area contributed by atoms with Crippen LogP contribution in [-0.4, -0.2) is 27.1 Å². The van der Waals surface area contributed by atoms with Crippen molar-refractivity contribution in [3.63, 3.8) is 0 Å². The van der Waals surface area contributed by atoms with Crippen molar-refractivity contribution in [2.24, 2.45) is 0 Å². The molecular formula is C11H17NO2S. The summed E-state index contributed by atoms with van der Waals surface area (Å²) < 4.78 is 14.0. The highest BCUT2D eigenvalue weighted by Gasteiger charge is 2.18. The second kappa shape index (κ2) is 5.39. The van der Waals surface area contributed by atoms with Crippen molar-refractivity contribution in [3.05, 3.63) is 29.8 Å². The van der Waals surface area contributed by atoms with E-state index in [4.69, 9.17) is 0 Å². The SMILES string of the molecule is Cc1ccc(S(=O)N2CCCC2)cc1.O. The van der Waals surface area contributed by atoms with E-state index in [0.29, 0.717) is 0 Å². The highest BCUT2D eigenvalue weighted by molar-refractivity contribution is 7.82. The molecular weight excluding hydrogens is 210 g/mol. The Kier molecular flexibility index (Phi) is 4.45. The predicted molar refractivity (Wildman–Crippen MR) is 62.0 cm³/mol. The third-order valence-corrected chi connectivity index (χ3v) is 4.03. The van der Waals surface area contributed by atoms with Crippen LogP contribution in [0.25, 0.3) is 0 Å². The lowest BCUT2D eigenvalue weighted by molar-refractivity contribution is 0.536. The van der Waals surface area contributed by atoms with Gasteiger partial charge < -0.3 is 5.48 Å². The number of hydrogen-bond donors (Lipinski definition) is 0. The van der Waals surface area contributed by atoms with Crippen molar-refractivity contribution >= 4 is 11.0 Å². The average Bonchev–Trinajstić information content (AvgIpc) is 2.71. The van der Waals surface area contributed by atoms with E-state index < -0.39 is 11.0 Å². The lowest BCUT2D eigenvalue weighted by atomic mass is 10.2. The van der Waals surface area contributed by atoms with Crippen LogP contribution in [0, 0.1) is 6.92 Å². The van der Waals surface area contributed by atoms with Crippen LogP contribution in [-0.2, 0) is 11.0 Å². The van der Waals surface area contributed by atoms with Gasteiger partial charge in [0, 0.05) is 13.1 Å². The molecule has 84 valence electrons. The highest BCUT2D eigenvalue weighted by atomic mass is 32.2. The van der Waals surface area contributed by atoms with Crippen LogP contribution in [0.4, 0.5) is 0 Å². The lowest BCUT2D eigenvalue weighted by Crippen LogP contribution is -2.21. The quantitative estimate of drug-likeness (QED) is 0.751. The van der Waals surface area contributed by atoms with Crippen molar-refractivity contribution in [3.8, 4) is 0 Å². The van der Waals surface area contributed by atoms with Crippen LogP contribution in [0.2, 0.25) is 0 Å².